The largest absolute Gasteiger partial charge is 0.333 e. The van der Waals surface area contributed by atoms with Gasteiger partial charge < -0.3 is 18.9 Å². The van der Waals surface area contributed by atoms with Crippen molar-refractivity contribution < 1.29 is 0 Å². The predicted octanol–water partition coefficient (Wildman–Crippen LogP) is 18.2. The molecule has 0 N–H and O–H groups in total. The molecule has 4 heterocycles. The van der Waals surface area contributed by atoms with Crippen LogP contribution in [-0.2, 0) is 0 Å². The number of para-hydroxylation sites is 5. The van der Waals surface area contributed by atoms with Gasteiger partial charge >= 0.3 is 0 Å². The first-order valence-corrected chi connectivity index (χ1v) is 26.8. The topological polar surface area (TPSA) is 67.9 Å². The summed E-state index contributed by atoms with van der Waals surface area (Å²) < 4.78 is 15.7. The first-order chi connectivity index (χ1) is 38.3. The van der Waals surface area contributed by atoms with Gasteiger partial charge in [0.05, 0.1) is 57.1 Å². The Kier molecular flexibility index (Phi) is 10.7. The van der Waals surface area contributed by atoms with E-state index in [0.717, 1.165) is 107 Å². The Morgan fingerprint density at radius 1 is 0.403 bits per heavy atom. The van der Waals surface area contributed by atoms with E-state index >= 15 is 0 Å². The van der Waals surface area contributed by atoms with Gasteiger partial charge in [-0.25, -0.2) is 9.97 Å². The van der Waals surface area contributed by atoms with Crippen LogP contribution in [0.1, 0.15) is 12.5 Å². The number of allylic oxidation sites excluding steroid dienone is 4. The van der Waals surface area contributed by atoms with E-state index in [9.17, 15) is 0 Å². The molecule has 0 amide bonds. The summed E-state index contributed by atoms with van der Waals surface area (Å²) in [6.45, 7) is 0. The minimum absolute atomic E-state index is 0.142. The van der Waals surface area contributed by atoms with Crippen LogP contribution in [0.5, 0.6) is 0 Å². The normalized spacial score (nSPS) is 13.4. The van der Waals surface area contributed by atoms with Crippen LogP contribution in [0, 0.1) is 0 Å². The second kappa shape index (κ2) is 18.5. The lowest BCUT2D eigenvalue weighted by atomic mass is 10.0. The maximum Gasteiger partial charge on any atom is 0.133 e. The van der Waals surface area contributed by atoms with Gasteiger partial charge in [0.2, 0.25) is 0 Å². The molecule has 77 heavy (non-hydrogen) atoms. The molecule has 15 rings (SSSR count). The minimum Gasteiger partial charge on any atom is -0.333 e. The highest BCUT2D eigenvalue weighted by Crippen LogP contribution is 2.54. The van der Waals surface area contributed by atoms with Crippen molar-refractivity contribution in [3.63, 3.8) is 0 Å². The van der Waals surface area contributed by atoms with Crippen molar-refractivity contribution in [2.75, 3.05) is 9.80 Å². The van der Waals surface area contributed by atoms with Crippen LogP contribution in [0.15, 0.2) is 261 Å². The van der Waals surface area contributed by atoms with Gasteiger partial charge in [-0.1, -0.05) is 188 Å². The zero-order chi connectivity index (χ0) is 50.8. The van der Waals surface area contributed by atoms with Crippen LogP contribution in [0.2, 0.25) is 0 Å². The Morgan fingerprint density at radius 3 is 1.40 bits per heavy atom. The maximum absolute atomic E-state index is 6.01. The minimum atomic E-state index is 0.142. The fourth-order valence-electron chi connectivity index (χ4n) is 11.8. The zero-order valence-electron chi connectivity index (χ0n) is 41.6. The fourth-order valence-corrected chi connectivity index (χ4v) is 12.4. The van der Waals surface area contributed by atoms with E-state index in [1.165, 1.54) is 17.2 Å². The van der Waals surface area contributed by atoms with E-state index in [1.807, 2.05) is 0 Å². The summed E-state index contributed by atoms with van der Waals surface area (Å²) in [5.74, 6) is 0. The number of hydrogen-bond donors (Lipinski definition) is 0. The number of anilines is 6. The first kappa shape index (κ1) is 44.5. The summed E-state index contributed by atoms with van der Waals surface area (Å²) in [5, 5.41) is 4.52. The van der Waals surface area contributed by atoms with E-state index < -0.39 is 0 Å². The van der Waals surface area contributed by atoms with Gasteiger partial charge in [-0.3, -0.25) is 0 Å². The van der Waals surface area contributed by atoms with Gasteiger partial charge in [0.1, 0.15) is 33.4 Å². The molecular formula is C68H46N8S. The quantitative estimate of drug-likeness (QED) is 0.127. The highest BCUT2D eigenvalue weighted by Gasteiger charge is 2.34. The molecule has 1 unspecified atom stereocenters. The average Bonchev–Trinajstić information content (AvgIpc) is 4.23. The number of benzene rings is 10. The molecule has 364 valence electrons. The Hall–Kier alpha value is -9.96. The third-order valence-electron chi connectivity index (χ3n) is 15.0. The van der Waals surface area contributed by atoms with Crippen molar-refractivity contribution in [2.24, 2.45) is 0 Å². The number of hydrogen-bond acceptors (Lipinski definition) is 7. The lowest BCUT2D eigenvalue weighted by Gasteiger charge is -2.31. The van der Waals surface area contributed by atoms with Crippen LogP contribution in [-0.4, -0.2) is 27.8 Å². The zero-order valence-corrected chi connectivity index (χ0v) is 42.4. The van der Waals surface area contributed by atoms with Crippen LogP contribution in [0.25, 0.3) is 93.9 Å². The van der Waals surface area contributed by atoms with E-state index in [4.69, 9.17) is 18.7 Å². The first-order valence-electron chi connectivity index (χ1n) is 26.0. The van der Waals surface area contributed by atoms with Crippen molar-refractivity contribution in [1.29, 1.82) is 0 Å². The fraction of sp³-hybridized carbons (Fsp3) is 0.0294. The van der Waals surface area contributed by atoms with Crippen LogP contribution < -0.4 is 9.80 Å². The van der Waals surface area contributed by atoms with Crippen LogP contribution >= 0.6 is 11.7 Å². The summed E-state index contributed by atoms with van der Waals surface area (Å²) in [6, 6.07) is 83.8. The van der Waals surface area contributed by atoms with E-state index in [-0.39, 0.29) is 6.04 Å². The number of nitrogens with zero attached hydrogens (tertiary/aromatic N) is 8. The monoisotopic (exact) mass is 1010 g/mol. The Bertz CT molecular complexity index is 4600. The molecular weight excluding hydrogens is 961 g/mol. The number of rotatable bonds is 10. The molecule has 0 bridgehead atoms. The Balaban J connectivity index is 1.12. The SMILES string of the molecule is C1=CCC(n2c3ccccc3c3c(N(c4ccccc4)c4c5nsnc5c(N(c5ccccc5)c5cccc6c5c5ccccc5n6-c5ccccc5)c5nc(-c6ccccc6)c(-c6ccccc6)nc45)cccc32)C=C1. The molecule has 1 aliphatic rings. The van der Waals surface area contributed by atoms with E-state index in [0.29, 0.717) is 22.1 Å². The highest BCUT2D eigenvalue weighted by molar-refractivity contribution is 7.00. The van der Waals surface area contributed by atoms with Gasteiger partial charge in [-0.05, 0) is 79.2 Å². The summed E-state index contributed by atoms with van der Waals surface area (Å²) in [4.78, 5) is 16.8. The third kappa shape index (κ3) is 7.19. The molecule has 1 atom stereocenters. The highest BCUT2D eigenvalue weighted by atomic mass is 32.1. The lowest BCUT2D eigenvalue weighted by molar-refractivity contribution is 0.648. The molecule has 0 radical (unpaired) electrons. The van der Waals surface area contributed by atoms with Gasteiger partial charge in [0, 0.05) is 55.3 Å². The van der Waals surface area contributed by atoms with Crippen molar-refractivity contribution in [3.05, 3.63) is 261 Å². The summed E-state index contributed by atoms with van der Waals surface area (Å²) in [7, 11) is 0. The molecule has 0 aliphatic heterocycles. The molecule has 10 aromatic carbocycles. The molecule has 4 aromatic heterocycles. The molecule has 8 nitrogen and oxygen atoms in total. The molecule has 9 heteroatoms. The number of aromatic nitrogens is 6. The second-order valence-corrected chi connectivity index (χ2v) is 19.9. The van der Waals surface area contributed by atoms with Gasteiger partial charge in [0.25, 0.3) is 0 Å². The maximum atomic E-state index is 6.01. The van der Waals surface area contributed by atoms with Crippen LogP contribution in [0.4, 0.5) is 34.1 Å². The molecule has 1 aliphatic carbocycles. The van der Waals surface area contributed by atoms with Gasteiger partial charge in [0.15, 0.2) is 0 Å². The smallest absolute Gasteiger partial charge is 0.133 e. The van der Waals surface area contributed by atoms with Crippen molar-refractivity contribution in [2.45, 2.75) is 12.5 Å². The summed E-state index contributed by atoms with van der Waals surface area (Å²) >= 11 is 1.21. The van der Waals surface area contributed by atoms with Crippen molar-refractivity contribution >= 4 is 112 Å². The molecule has 14 aromatic rings. The molecule has 0 saturated carbocycles. The Morgan fingerprint density at radius 2 is 0.857 bits per heavy atom. The Labute approximate surface area is 448 Å². The molecule has 0 saturated heterocycles. The van der Waals surface area contributed by atoms with Crippen molar-refractivity contribution in [1.82, 2.24) is 27.8 Å². The average molecular weight is 1010 g/mol. The van der Waals surface area contributed by atoms with E-state index in [2.05, 4.69) is 280 Å². The predicted molar refractivity (Wildman–Crippen MR) is 320 cm³/mol. The van der Waals surface area contributed by atoms with Crippen molar-refractivity contribution in [3.8, 4) is 28.2 Å². The molecule has 0 spiro atoms. The summed E-state index contributed by atoms with van der Waals surface area (Å²) in [6.07, 6.45) is 9.78. The standard InChI is InChI=1S/C68H46N8S/c1-7-25-45(26-8-1)61-62(46-27-9-2-10-28-46)70-64-63(69-61)67(75(49-33-15-5-16-34-49)57-43-23-41-55-59(57)51-37-19-21-39-53(51)73(55)47-29-11-3-12-30-47)65-66(72-77-71-65)68(64)76(50-35-17-6-18-36-50)58-44-24-42-56-60(58)52-38-20-22-40-54(52)74(56)48-31-13-4-14-32-48/h1-31,33-44,48H,32H2. The van der Waals surface area contributed by atoms with Gasteiger partial charge in [-0.15, -0.1) is 0 Å². The number of fused-ring (bicyclic) bond motifs is 8. The van der Waals surface area contributed by atoms with Gasteiger partial charge in [-0.2, -0.15) is 8.75 Å². The second-order valence-electron chi connectivity index (χ2n) is 19.4. The third-order valence-corrected chi connectivity index (χ3v) is 15.6. The molecule has 0 fully saturated rings. The summed E-state index contributed by atoms with van der Waals surface area (Å²) in [5.41, 5.74) is 17.2. The van der Waals surface area contributed by atoms with Crippen LogP contribution in [0.3, 0.4) is 0 Å². The lowest BCUT2D eigenvalue weighted by Crippen LogP contribution is -2.16. The van der Waals surface area contributed by atoms with E-state index in [1.54, 1.807) is 0 Å².